The Morgan fingerprint density at radius 3 is 2.24 bits per heavy atom. The van der Waals surface area contributed by atoms with E-state index in [-0.39, 0.29) is 23.9 Å². The fraction of sp³-hybridized carbons (Fsp3) is 0.441. The van der Waals surface area contributed by atoms with Crippen LogP contribution in [0.2, 0.25) is 0 Å². The van der Waals surface area contributed by atoms with Gasteiger partial charge in [-0.3, -0.25) is 4.79 Å². The van der Waals surface area contributed by atoms with E-state index in [1.54, 1.807) is 0 Å². The third kappa shape index (κ3) is 7.78. The Morgan fingerprint density at radius 2 is 1.63 bits per heavy atom. The molecule has 2 fully saturated rings. The van der Waals surface area contributed by atoms with Gasteiger partial charge in [0.15, 0.2) is 17.0 Å². The molecule has 1 amide bonds. The van der Waals surface area contributed by atoms with Crippen LogP contribution in [-0.2, 0) is 14.3 Å². The van der Waals surface area contributed by atoms with Crippen LogP contribution in [-0.4, -0.2) is 92.5 Å². The molecule has 5 N–H and O–H groups in total. The number of hydrogen-bond donors (Lipinski definition) is 4. The molecule has 1 aliphatic carbocycles. The van der Waals surface area contributed by atoms with Gasteiger partial charge in [-0.2, -0.15) is 23.1 Å². The van der Waals surface area contributed by atoms with Crippen molar-refractivity contribution in [2.45, 2.75) is 56.0 Å². The summed E-state index contributed by atoms with van der Waals surface area (Å²) in [6.07, 6.45) is -4.21. The van der Waals surface area contributed by atoms with E-state index < -0.39 is 42.2 Å². The van der Waals surface area contributed by atoms with E-state index in [0.717, 1.165) is 43.6 Å². The number of hydrogen-bond acceptors (Lipinski definition) is 10. The second-order valence-electron chi connectivity index (χ2n) is 12.5. The van der Waals surface area contributed by atoms with Crippen LogP contribution in [0.4, 0.5) is 24.9 Å². The number of piperidine rings is 1. The van der Waals surface area contributed by atoms with E-state index in [0.29, 0.717) is 24.4 Å². The number of nitrogens with one attached hydrogen (secondary N) is 2. The van der Waals surface area contributed by atoms with Gasteiger partial charge in [0.05, 0.1) is 18.3 Å². The lowest BCUT2D eigenvalue weighted by Crippen LogP contribution is -2.40. The molecule has 0 spiro atoms. The topological polar surface area (TPSA) is 161 Å². The number of likely N-dealkylation sites (tertiary alicyclic amines) is 1. The number of carbonyl (C=O) groups is 2. The van der Waals surface area contributed by atoms with Crippen molar-refractivity contribution in [1.29, 1.82) is 0 Å². The fourth-order valence-electron chi connectivity index (χ4n) is 6.75. The minimum atomic E-state index is -5.31. The van der Waals surface area contributed by atoms with Crippen molar-refractivity contribution in [1.82, 2.24) is 24.4 Å². The molecule has 2 aromatic carbocycles. The van der Waals surface area contributed by atoms with Crippen molar-refractivity contribution in [2.24, 2.45) is 11.7 Å². The van der Waals surface area contributed by atoms with Crippen LogP contribution < -0.4 is 16.4 Å². The number of nitrogens with two attached hydrogens (primary N) is 1. The molecule has 0 unspecified atom stereocenters. The molecule has 1 saturated carbocycles. The molecule has 12 nitrogen and oxygen atoms in total. The number of benzene rings is 2. The maximum absolute atomic E-state index is 13.3. The molecular formula is C34H39F3N8O4. The van der Waals surface area contributed by atoms with Crippen molar-refractivity contribution in [3.05, 3.63) is 78.1 Å². The predicted octanol–water partition coefficient (Wildman–Crippen LogP) is 3.85. The summed E-state index contributed by atoms with van der Waals surface area (Å²) in [5.41, 5.74) is 8.15. The number of aliphatic hydroxyl groups excluding tert-OH is 1. The van der Waals surface area contributed by atoms with Gasteiger partial charge in [-0.25, -0.2) is 9.78 Å². The second-order valence-corrected chi connectivity index (χ2v) is 12.5. The first-order chi connectivity index (χ1) is 23.6. The molecule has 0 radical (unpaired) electrons. The zero-order valence-corrected chi connectivity index (χ0v) is 26.7. The summed E-state index contributed by atoms with van der Waals surface area (Å²) < 4.78 is 46.0. The third-order valence-corrected chi connectivity index (χ3v) is 9.28. The highest BCUT2D eigenvalue weighted by atomic mass is 19.4. The number of ether oxygens (including phenoxy) is 1. The molecule has 49 heavy (non-hydrogen) atoms. The summed E-state index contributed by atoms with van der Waals surface area (Å²) in [6, 6.07) is 18.8. The molecule has 4 atom stereocenters. The Bertz CT molecular complexity index is 1690. The molecule has 3 heterocycles. The van der Waals surface area contributed by atoms with Gasteiger partial charge in [0.25, 0.3) is 0 Å². The summed E-state index contributed by atoms with van der Waals surface area (Å²) in [6.45, 7) is 3.72. The Morgan fingerprint density at radius 1 is 0.980 bits per heavy atom. The smallest absolute Gasteiger partial charge is 0.451 e. The Hall–Kier alpha value is -4.76. The highest BCUT2D eigenvalue weighted by Crippen LogP contribution is 2.40. The van der Waals surface area contributed by atoms with Crippen LogP contribution in [0.15, 0.2) is 67.0 Å². The molecule has 2 aliphatic rings. The van der Waals surface area contributed by atoms with Crippen molar-refractivity contribution in [2.75, 3.05) is 43.4 Å². The van der Waals surface area contributed by atoms with Gasteiger partial charge in [0.2, 0.25) is 11.9 Å². The SMILES string of the molecule is NC(=O)[C@H]1C[C@@H](n2cnc3c(NCC(c4ccccc4)c4ccccc4)nc(NCCN4CCCCC4)nc32)[C@H](OC(=O)C(F)(F)F)[C@@H]1O. The molecular weight excluding hydrogens is 641 g/mol. The molecule has 1 aliphatic heterocycles. The van der Waals surface area contributed by atoms with Crippen LogP contribution in [0.25, 0.3) is 11.2 Å². The van der Waals surface area contributed by atoms with Gasteiger partial charge in [0, 0.05) is 25.6 Å². The monoisotopic (exact) mass is 680 g/mol. The van der Waals surface area contributed by atoms with Crippen molar-refractivity contribution in [3.63, 3.8) is 0 Å². The number of esters is 1. The standard InChI is InChI=1S/C34H39F3N8O4/c35-34(36,37)32(48)49-28-25(18-23(27(28)46)29(38)47)45-20-41-26-30(42-33(43-31(26)45)39-14-17-44-15-8-3-9-16-44)40-19-24(21-10-4-1-5-11-21)22-12-6-2-7-13-22/h1-2,4-7,10-13,20,23-25,27-28,46H,3,8-9,14-19H2,(H2,38,47)(H2,39,40,42,43)/t23-,25+,27+,28-/m0/s1. The summed E-state index contributed by atoms with van der Waals surface area (Å²) in [7, 11) is 0. The lowest BCUT2D eigenvalue weighted by Gasteiger charge is -2.26. The average Bonchev–Trinajstić information content (AvgIpc) is 3.66. The molecule has 4 aromatic rings. The van der Waals surface area contributed by atoms with Crippen molar-refractivity contribution in [3.8, 4) is 0 Å². The average molecular weight is 681 g/mol. The van der Waals surface area contributed by atoms with E-state index >= 15 is 0 Å². The first-order valence-corrected chi connectivity index (χ1v) is 16.4. The number of primary amides is 1. The number of nitrogens with zero attached hydrogens (tertiary/aromatic N) is 5. The molecule has 260 valence electrons. The maximum Gasteiger partial charge on any atom is 0.490 e. The van der Waals surface area contributed by atoms with Crippen LogP contribution in [0.3, 0.4) is 0 Å². The number of aliphatic hydroxyl groups is 1. The number of rotatable bonds is 12. The molecule has 6 rings (SSSR count). The number of fused-ring (bicyclic) bond motifs is 1. The van der Waals surface area contributed by atoms with Crippen LogP contribution >= 0.6 is 0 Å². The van der Waals surface area contributed by atoms with E-state index in [2.05, 4.69) is 25.5 Å². The first kappa shape index (κ1) is 34.1. The lowest BCUT2D eigenvalue weighted by atomic mass is 9.91. The lowest BCUT2D eigenvalue weighted by molar-refractivity contribution is -0.210. The zero-order chi connectivity index (χ0) is 34.5. The number of anilines is 2. The van der Waals surface area contributed by atoms with E-state index in [1.165, 1.54) is 17.3 Å². The normalized spacial score (nSPS) is 21.6. The van der Waals surface area contributed by atoms with Crippen LogP contribution in [0.1, 0.15) is 48.8 Å². The number of imidazole rings is 1. The van der Waals surface area contributed by atoms with Gasteiger partial charge in [-0.1, -0.05) is 67.1 Å². The number of amides is 1. The van der Waals surface area contributed by atoms with E-state index in [1.807, 2.05) is 60.7 Å². The Balaban J connectivity index is 1.35. The fourth-order valence-corrected chi connectivity index (χ4v) is 6.75. The van der Waals surface area contributed by atoms with Gasteiger partial charge in [-0.15, -0.1) is 0 Å². The van der Waals surface area contributed by atoms with Crippen LogP contribution in [0, 0.1) is 5.92 Å². The van der Waals surface area contributed by atoms with Gasteiger partial charge < -0.3 is 35.7 Å². The Kier molecular flexibility index (Phi) is 10.3. The summed E-state index contributed by atoms with van der Waals surface area (Å²) in [5, 5.41) is 17.6. The third-order valence-electron chi connectivity index (χ3n) is 9.28. The highest BCUT2D eigenvalue weighted by molar-refractivity contribution is 5.85. The van der Waals surface area contributed by atoms with Gasteiger partial charge in [-0.05, 0) is 43.5 Å². The molecule has 2 aromatic heterocycles. The zero-order valence-electron chi connectivity index (χ0n) is 26.7. The predicted molar refractivity (Wildman–Crippen MR) is 176 cm³/mol. The largest absolute Gasteiger partial charge is 0.490 e. The van der Waals surface area contributed by atoms with Gasteiger partial charge >= 0.3 is 12.1 Å². The van der Waals surface area contributed by atoms with Crippen molar-refractivity contribution < 1.29 is 32.6 Å². The highest BCUT2D eigenvalue weighted by Gasteiger charge is 2.52. The minimum Gasteiger partial charge on any atom is -0.451 e. The molecule has 15 heteroatoms. The quantitative estimate of drug-likeness (QED) is 0.162. The second kappa shape index (κ2) is 14.8. The summed E-state index contributed by atoms with van der Waals surface area (Å²) >= 11 is 0. The maximum atomic E-state index is 13.3. The number of carbonyl (C=O) groups excluding carboxylic acids is 2. The van der Waals surface area contributed by atoms with E-state index in [9.17, 15) is 27.9 Å². The van der Waals surface area contributed by atoms with E-state index in [4.69, 9.17) is 15.5 Å². The Labute approximate surface area is 280 Å². The van der Waals surface area contributed by atoms with Gasteiger partial charge in [0.1, 0.15) is 12.2 Å². The number of aromatic nitrogens is 4. The molecule has 0 bridgehead atoms. The first-order valence-electron chi connectivity index (χ1n) is 16.4. The minimum absolute atomic E-state index is 0.0718. The summed E-state index contributed by atoms with van der Waals surface area (Å²) in [5.74, 6) is -4.14. The summed E-state index contributed by atoms with van der Waals surface area (Å²) in [4.78, 5) is 40.4. The number of halogens is 3. The number of alkyl halides is 3. The van der Waals surface area contributed by atoms with Crippen molar-refractivity contribution >= 4 is 34.8 Å². The van der Waals surface area contributed by atoms with Crippen LogP contribution in [0.5, 0.6) is 0 Å². The molecule has 1 saturated heterocycles.